The van der Waals surface area contributed by atoms with Crippen molar-refractivity contribution in [2.45, 2.75) is 19.4 Å². The van der Waals surface area contributed by atoms with Crippen molar-refractivity contribution in [1.29, 1.82) is 0 Å². The van der Waals surface area contributed by atoms with Gasteiger partial charge < -0.3 is 9.64 Å². The van der Waals surface area contributed by atoms with Gasteiger partial charge in [-0.2, -0.15) is 12.6 Å². The van der Waals surface area contributed by atoms with E-state index < -0.39 is 0 Å². The molecule has 0 spiro atoms. The third kappa shape index (κ3) is 3.97. The maximum absolute atomic E-state index is 11.3. The smallest absolute Gasteiger partial charge is 0.223 e. The van der Waals surface area contributed by atoms with Crippen LogP contribution in [-0.4, -0.2) is 43.4 Å². The minimum atomic E-state index is 0.120. The number of hydrogen-bond acceptors (Lipinski definition) is 3. The first kappa shape index (κ1) is 11.8. The fourth-order valence-corrected chi connectivity index (χ4v) is 1.06. The van der Waals surface area contributed by atoms with E-state index >= 15 is 0 Å². The van der Waals surface area contributed by atoms with Crippen molar-refractivity contribution in [3.05, 3.63) is 0 Å². The summed E-state index contributed by atoms with van der Waals surface area (Å²) in [4.78, 5) is 13.0. The van der Waals surface area contributed by atoms with Gasteiger partial charge in [-0.1, -0.05) is 0 Å². The van der Waals surface area contributed by atoms with Gasteiger partial charge in [0.15, 0.2) is 0 Å². The average molecular weight is 191 g/mol. The molecule has 0 fully saturated rings. The summed E-state index contributed by atoms with van der Waals surface area (Å²) in [6, 6.07) is 0.141. The Balaban J connectivity index is 3.82. The number of rotatable bonds is 5. The zero-order valence-electron chi connectivity index (χ0n) is 7.91. The quantitative estimate of drug-likeness (QED) is 0.651. The summed E-state index contributed by atoms with van der Waals surface area (Å²) in [5.74, 6) is 0.720. The lowest BCUT2D eigenvalue weighted by molar-refractivity contribution is -0.132. The molecule has 0 rings (SSSR count). The van der Waals surface area contributed by atoms with E-state index in [1.165, 1.54) is 0 Å². The summed E-state index contributed by atoms with van der Waals surface area (Å²) in [5.41, 5.74) is 0. The minimum Gasteiger partial charge on any atom is -0.383 e. The van der Waals surface area contributed by atoms with Crippen LogP contribution in [-0.2, 0) is 9.53 Å². The van der Waals surface area contributed by atoms with Crippen molar-refractivity contribution in [1.82, 2.24) is 4.90 Å². The lowest BCUT2D eigenvalue weighted by Crippen LogP contribution is -2.37. The third-order valence-electron chi connectivity index (χ3n) is 1.79. The van der Waals surface area contributed by atoms with Crippen LogP contribution in [0.2, 0.25) is 0 Å². The number of hydrogen-bond donors (Lipinski definition) is 1. The van der Waals surface area contributed by atoms with Crippen LogP contribution < -0.4 is 0 Å². The van der Waals surface area contributed by atoms with Gasteiger partial charge in [-0.25, -0.2) is 0 Å². The Morgan fingerprint density at radius 3 is 2.67 bits per heavy atom. The molecular formula is C8H17NO2S. The van der Waals surface area contributed by atoms with Crippen LogP contribution >= 0.6 is 12.6 Å². The molecule has 0 saturated carbocycles. The van der Waals surface area contributed by atoms with Gasteiger partial charge in [0.1, 0.15) is 0 Å². The molecule has 1 atom stereocenters. The Kier molecular flexibility index (Phi) is 6.20. The van der Waals surface area contributed by atoms with E-state index in [0.717, 1.165) is 0 Å². The largest absolute Gasteiger partial charge is 0.383 e. The molecule has 3 nitrogen and oxygen atoms in total. The second-order valence-corrected chi connectivity index (χ2v) is 3.23. The normalized spacial score (nSPS) is 12.7. The highest BCUT2D eigenvalue weighted by Crippen LogP contribution is 1.99. The van der Waals surface area contributed by atoms with Crippen LogP contribution in [0.4, 0.5) is 0 Å². The number of ether oxygens (including phenoxy) is 1. The number of nitrogens with zero attached hydrogens (tertiary/aromatic N) is 1. The molecule has 0 aromatic heterocycles. The number of carbonyl (C=O) groups is 1. The van der Waals surface area contributed by atoms with Gasteiger partial charge in [-0.15, -0.1) is 0 Å². The molecular weight excluding hydrogens is 174 g/mol. The molecule has 4 heteroatoms. The molecule has 0 aliphatic rings. The van der Waals surface area contributed by atoms with Crippen LogP contribution in [0.5, 0.6) is 0 Å². The third-order valence-corrected chi connectivity index (χ3v) is 2.01. The van der Waals surface area contributed by atoms with Gasteiger partial charge in [-0.3, -0.25) is 4.79 Å². The lowest BCUT2D eigenvalue weighted by Gasteiger charge is -2.23. The van der Waals surface area contributed by atoms with Crippen LogP contribution in [0.15, 0.2) is 0 Å². The number of methoxy groups -OCH3 is 1. The highest BCUT2D eigenvalue weighted by molar-refractivity contribution is 7.80. The Hall–Kier alpha value is -0.220. The summed E-state index contributed by atoms with van der Waals surface area (Å²) in [6.07, 6.45) is 0.494. The molecule has 0 aliphatic heterocycles. The number of carbonyl (C=O) groups excluding carboxylic acids is 1. The SMILES string of the molecule is COCC(C)N(C)C(=O)CCS. The van der Waals surface area contributed by atoms with Crippen LogP contribution in [0, 0.1) is 0 Å². The fourth-order valence-electron chi connectivity index (χ4n) is 0.871. The first-order valence-corrected chi connectivity index (χ1v) is 4.62. The maximum Gasteiger partial charge on any atom is 0.223 e. The Labute approximate surface area is 79.5 Å². The average Bonchev–Trinajstić information content (AvgIpc) is 2.04. The predicted octanol–water partition coefficient (Wildman–Crippen LogP) is 0.800. The number of likely N-dealkylation sites (N-methyl/N-ethyl adjacent to an activating group) is 1. The van der Waals surface area contributed by atoms with Crippen molar-refractivity contribution in [2.24, 2.45) is 0 Å². The van der Waals surface area contributed by atoms with Crippen molar-refractivity contribution in [3.8, 4) is 0 Å². The summed E-state index contributed by atoms with van der Waals surface area (Å²) < 4.78 is 4.94. The monoisotopic (exact) mass is 191 g/mol. The van der Waals surface area contributed by atoms with Crippen molar-refractivity contribution in [3.63, 3.8) is 0 Å². The highest BCUT2D eigenvalue weighted by atomic mass is 32.1. The molecule has 0 heterocycles. The molecule has 0 saturated heterocycles. The topological polar surface area (TPSA) is 29.5 Å². The van der Waals surface area contributed by atoms with Gasteiger partial charge in [-0.05, 0) is 12.7 Å². The molecule has 72 valence electrons. The molecule has 1 unspecified atom stereocenters. The minimum absolute atomic E-state index is 0.120. The van der Waals surface area contributed by atoms with Crippen molar-refractivity contribution >= 4 is 18.5 Å². The highest BCUT2D eigenvalue weighted by Gasteiger charge is 2.13. The molecule has 0 N–H and O–H groups in total. The van der Waals surface area contributed by atoms with E-state index in [9.17, 15) is 4.79 Å². The van der Waals surface area contributed by atoms with E-state index in [1.807, 2.05) is 6.92 Å². The van der Waals surface area contributed by atoms with Crippen molar-refractivity contribution in [2.75, 3.05) is 26.5 Å². The van der Waals surface area contributed by atoms with Gasteiger partial charge in [0.05, 0.1) is 12.6 Å². The molecule has 0 bridgehead atoms. The summed E-state index contributed by atoms with van der Waals surface area (Å²) >= 11 is 4.00. The van der Waals surface area contributed by atoms with E-state index in [2.05, 4.69) is 12.6 Å². The lowest BCUT2D eigenvalue weighted by atomic mass is 10.3. The van der Waals surface area contributed by atoms with E-state index in [4.69, 9.17) is 4.74 Å². The zero-order chi connectivity index (χ0) is 9.56. The first-order chi connectivity index (χ1) is 5.63. The second kappa shape index (κ2) is 6.31. The standard InChI is InChI=1S/C8H17NO2S/c1-7(6-11-3)9(2)8(10)4-5-12/h7,12H,4-6H2,1-3H3. The fraction of sp³-hybridized carbons (Fsp3) is 0.875. The zero-order valence-corrected chi connectivity index (χ0v) is 8.80. The number of thiol groups is 1. The number of amides is 1. The predicted molar refractivity (Wildman–Crippen MR) is 52.6 cm³/mol. The summed E-state index contributed by atoms with van der Waals surface area (Å²) in [7, 11) is 3.42. The van der Waals surface area contributed by atoms with Gasteiger partial charge in [0.25, 0.3) is 0 Å². The molecule has 0 aromatic carbocycles. The Morgan fingerprint density at radius 2 is 2.25 bits per heavy atom. The van der Waals surface area contributed by atoms with Crippen LogP contribution in [0.25, 0.3) is 0 Å². The van der Waals surface area contributed by atoms with Crippen LogP contribution in [0.1, 0.15) is 13.3 Å². The molecule has 0 aromatic rings. The van der Waals surface area contributed by atoms with Gasteiger partial charge in [0, 0.05) is 20.6 Å². The van der Waals surface area contributed by atoms with Crippen molar-refractivity contribution < 1.29 is 9.53 Å². The molecule has 1 amide bonds. The Morgan fingerprint density at radius 1 is 1.67 bits per heavy atom. The molecule has 0 aliphatic carbocycles. The Bertz CT molecular complexity index is 141. The van der Waals surface area contributed by atoms with E-state index in [0.29, 0.717) is 18.8 Å². The van der Waals surface area contributed by atoms with Gasteiger partial charge >= 0.3 is 0 Å². The van der Waals surface area contributed by atoms with E-state index in [-0.39, 0.29) is 11.9 Å². The van der Waals surface area contributed by atoms with E-state index in [1.54, 1.807) is 19.1 Å². The maximum atomic E-state index is 11.3. The van der Waals surface area contributed by atoms with Gasteiger partial charge in [0.2, 0.25) is 5.91 Å². The summed E-state index contributed by atoms with van der Waals surface area (Å²) in [6.45, 7) is 2.54. The van der Waals surface area contributed by atoms with Crippen LogP contribution in [0.3, 0.4) is 0 Å². The second-order valence-electron chi connectivity index (χ2n) is 2.78. The molecule has 12 heavy (non-hydrogen) atoms. The first-order valence-electron chi connectivity index (χ1n) is 3.99. The summed E-state index contributed by atoms with van der Waals surface area (Å²) in [5, 5.41) is 0. The molecule has 0 radical (unpaired) electrons.